The molecular formula is C13H30O7. The quantitative estimate of drug-likeness (QED) is 0.347. The Kier molecular flexibility index (Phi) is 36.0. The standard InChI is InChI=1S/C7H12O4.3C2H6O/c1-5(7(8)9)4-11-6(2)10-3;3*1-2-3/h4,6H,1-3H3,(H,8,9);3*3H,2H2,1H3. The molecule has 0 bridgehead atoms. The summed E-state index contributed by atoms with van der Waals surface area (Å²) in [5.74, 6) is -0.992. The molecule has 0 aromatic heterocycles. The lowest BCUT2D eigenvalue weighted by Gasteiger charge is -2.08. The van der Waals surface area contributed by atoms with Crippen LogP contribution in [0.1, 0.15) is 34.6 Å². The zero-order valence-electron chi connectivity index (χ0n) is 13.3. The summed E-state index contributed by atoms with van der Waals surface area (Å²) in [6.07, 6.45) is 0.751. The minimum absolute atomic E-state index is 0.147. The Morgan fingerprint density at radius 1 is 1.10 bits per heavy atom. The maximum Gasteiger partial charge on any atom is 0.334 e. The first-order chi connectivity index (χ1) is 9.32. The number of rotatable bonds is 4. The summed E-state index contributed by atoms with van der Waals surface area (Å²) in [5, 5.41) is 31.1. The highest BCUT2D eigenvalue weighted by Gasteiger charge is 2.01. The molecule has 4 N–H and O–H groups in total. The molecule has 1 atom stereocenters. The Balaban J connectivity index is -0.000000117. The summed E-state index contributed by atoms with van der Waals surface area (Å²) in [6, 6.07) is 0. The molecule has 0 heterocycles. The van der Waals surface area contributed by atoms with Gasteiger partial charge < -0.3 is 29.9 Å². The van der Waals surface area contributed by atoms with Gasteiger partial charge in [0.25, 0.3) is 0 Å². The summed E-state index contributed by atoms with van der Waals surface area (Å²) < 4.78 is 9.57. The molecule has 0 aliphatic carbocycles. The van der Waals surface area contributed by atoms with Gasteiger partial charge in [-0.15, -0.1) is 0 Å². The zero-order chi connectivity index (χ0) is 17.0. The van der Waals surface area contributed by atoms with Crippen LogP contribution in [0.5, 0.6) is 0 Å². The van der Waals surface area contributed by atoms with Crippen molar-refractivity contribution in [3.63, 3.8) is 0 Å². The second-order valence-electron chi connectivity index (χ2n) is 2.99. The van der Waals surface area contributed by atoms with E-state index >= 15 is 0 Å². The Morgan fingerprint density at radius 2 is 1.40 bits per heavy atom. The molecule has 1 unspecified atom stereocenters. The van der Waals surface area contributed by atoms with E-state index in [-0.39, 0.29) is 25.4 Å². The average Bonchev–Trinajstić information content (AvgIpc) is 2.38. The van der Waals surface area contributed by atoms with E-state index in [2.05, 4.69) is 0 Å². The Hall–Kier alpha value is -1.15. The molecule has 0 aliphatic heterocycles. The van der Waals surface area contributed by atoms with Crippen LogP contribution in [0.25, 0.3) is 0 Å². The highest BCUT2D eigenvalue weighted by atomic mass is 16.7. The normalized spacial score (nSPS) is 10.6. The Labute approximate surface area is 121 Å². The number of aliphatic hydroxyl groups is 3. The van der Waals surface area contributed by atoms with Crippen molar-refractivity contribution >= 4 is 5.97 Å². The topological polar surface area (TPSA) is 116 Å². The molecule has 0 amide bonds. The predicted molar refractivity (Wildman–Crippen MR) is 77.2 cm³/mol. The largest absolute Gasteiger partial charge is 0.478 e. The molecule has 0 saturated carbocycles. The SMILES string of the molecule is CCO.CCO.CCO.COC(C)OC=C(C)C(=O)O. The molecule has 0 aromatic carbocycles. The van der Waals surface area contributed by atoms with Gasteiger partial charge in [0.2, 0.25) is 0 Å². The van der Waals surface area contributed by atoms with E-state index in [1.54, 1.807) is 27.7 Å². The van der Waals surface area contributed by atoms with E-state index < -0.39 is 12.3 Å². The number of carbonyl (C=O) groups is 1. The lowest BCUT2D eigenvalue weighted by Crippen LogP contribution is -2.07. The third-order valence-electron chi connectivity index (χ3n) is 1.11. The van der Waals surface area contributed by atoms with Crippen LogP contribution in [0, 0.1) is 0 Å². The van der Waals surface area contributed by atoms with Crippen LogP contribution in [-0.2, 0) is 14.3 Å². The van der Waals surface area contributed by atoms with Gasteiger partial charge in [-0.1, -0.05) is 0 Å². The summed E-state index contributed by atoms with van der Waals surface area (Å²) in [7, 11) is 1.48. The van der Waals surface area contributed by atoms with Gasteiger partial charge in [-0.3, -0.25) is 0 Å². The van der Waals surface area contributed by atoms with Gasteiger partial charge in [-0.05, 0) is 34.6 Å². The molecule has 7 nitrogen and oxygen atoms in total. The number of carboxylic acid groups (broad SMARTS) is 1. The maximum atomic E-state index is 10.2. The number of aliphatic hydroxyl groups excluding tert-OH is 3. The summed E-state index contributed by atoms with van der Waals surface area (Å²) in [5.41, 5.74) is 0.147. The fraction of sp³-hybridized carbons (Fsp3) is 0.769. The molecule has 0 spiro atoms. The minimum atomic E-state index is -0.992. The lowest BCUT2D eigenvalue weighted by atomic mass is 10.3. The summed E-state index contributed by atoms with van der Waals surface area (Å²) in [6.45, 7) is 8.91. The predicted octanol–water partition coefficient (Wildman–Crippen LogP) is 0.980. The minimum Gasteiger partial charge on any atom is -0.478 e. The van der Waals surface area contributed by atoms with Crippen molar-refractivity contribution in [1.29, 1.82) is 0 Å². The summed E-state index contributed by atoms with van der Waals surface area (Å²) in [4.78, 5) is 10.2. The molecule has 124 valence electrons. The highest BCUT2D eigenvalue weighted by Crippen LogP contribution is 1.97. The van der Waals surface area contributed by atoms with Crippen molar-refractivity contribution in [1.82, 2.24) is 0 Å². The van der Waals surface area contributed by atoms with Gasteiger partial charge in [0.05, 0.1) is 11.8 Å². The van der Waals surface area contributed by atoms with Crippen LogP contribution >= 0.6 is 0 Å². The van der Waals surface area contributed by atoms with E-state index in [0.717, 1.165) is 6.26 Å². The van der Waals surface area contributed by atoms with Crippen LogP contribution in [0.15, 0.2) is 11.8 Å². The first kappa shape index (κ1) is 27.2. The summed E-state index contributed by atoms with van der Waals surface area (Å²) >= 11 is 0. The third-order valence-corrected chi connectivity index (χ3v) is 1.11. The van der Waals surface area contributed by atoms with Crippen molar-refractivity contribution in [2.45, 2.75) is 40.9 Å². The third kappa shape index (κ3) is 43.6. The van der Waals surface area contributed by atoms with Crippen molar-refractivity contribution in [3.8, 4) is 0 Å². The number of ether oxygens (including phenoxy) is 2. The Morgan fingerprint density at radius 3 is 1.60 bits per heavy atom. The molecule has 0 rings (SSSR count). The lowest BCUT2D eigenvalue weighted by molar-refractivity contribution is -0.133. The highest BCUT2D eigenvalue weighted by molar-refractivity contribution is 5.85. The van der Waals surface area contributed by atoms with Crippen molar-refractivity contribution < 1.29 is 34.7 Å². The zero-order valence-corrected chi connectivity index (χ0v) is 13.3. The Bertz CT molecular complexity index is 200. The molecule has 7 heteroatoms. The first-order valence-electron chi connectivity index (χ1n) is 6.23. The molecule has 0 fully saturated rings. The second-order valence-corrected chi connectivity index (χ2v) is 2.99. The van der Waals surface area contributed by atoms with Crippen LogP contribution in [0.4, 0.5) is 0 Å². The van der Waals surface area contributed by atoms with Crippen molar-refractivity contribution in [2.75, 3.05) is 26.9 Å². The van der Waals surface area contributed by atoms with E-state index in [4.69, 9.17) is 29.9 Å². The van der Waals surface area contributed by atoms with Gasteiger partial charge in [0.15, 0.2) is 6.29 Å². The molecule has 0 radical (unpaired) electrons. The van der Waals surface area contributed by atoms with E-state index in [1.165, 1.54) is 14.0 Å². The van der Waals surface area contributed by atoms with Gasteiger partial charge in [-0.25, -0.2) is 4.79 Å². The molecule has 20 heavy (non-hydrogen) atoms. The van der Waals surface area contributed by atoms with Crippen LogP contribution in [-0.4, -0.2) is 59.6 Å². The second kappa shape index (κ2) is 26.4. The van der Waals surface area contributed by atoms with E-state index in [1.807, 2.05) is 0 Å². The maximum absolute atomic E-state index is 10.2. The van der Waals surface area contributed by atoms with Crippen LogP contribution in [0.2, 0.25) is 0 Å². The van der Waals surface area contributed by atoms with Crippen LogP contribution < -0.4 is 0 Å². The molecular weight excluding hydrogens is 268 g/mol. The number of carboxylic acids is 1. The molecule has 0 aliphatic rings. The fourth-order valence-corrected chi connectivity index (χ4v) is 0.304. The van der Waals surface area contributed by atoms with Gasteiger partial charge in [0.1, 0.15) is 0 Å². The number of methoxy groups -OCH3 is 1. The molecule has 0 saturated heterocycles. The number of hydrogen-bond acceptors (Lipinski definition) is 6. The molecule has 0 aromatic rings. The van der Waals surface area contributed by atoms with Crippen molar-refractivity contribution in [3.05, 3.63) is 11.8 Å². The van der Waals surface area contributed by atoms with E-state index in [0.29, 0.717) is 0 Å². The van der Waals surface area contributed by atoms with Gasteiger partial charge in [0, 0.05) is 26.9 Å². The van der Waals surface area contributed by atoms with Crippen molar-refractivity contribution in [2.24, 2.45) is 0 Å². The first-order valence-corrected chi connectivity index (χ1v) is 6.23. The van der Waals surface area contributed by atoms with Crippen LogP contribution in [0.3, 0.4) is 0 Å². The number of hydrogen-bond donors (Lipinski definition) is 4. The smallest absolute Gasteiger partial charge is 0.334 e. The number of aliphatic carboxylic acids is 1. The monoisotopic (exact) mass is 298 g/mol. The van der Waals surface area contributed by atoms with Gasteiger partial charge in [-0.2, -0.15) is 0 Å². The average molecular weight is 298 g/mol. The fourth-order valence-electron chi connectivity index (χ4n) is 0.304. The van der Waals surface area contributed by atoms with E-state index in [9.17, 15) is 4.79 Å². The van der Waals surface area contributed by atoms with Gasteiger partial charge >= 0.3 is 5.97 Å².